The van der Waals surface area contributed by atoms with Crippen LogP contribution in [0.1, 0.15) is 10.4 Å². The first-order valence-corrected chi connectivity index (χ1v) is 6.87. The normalized spacial score (nSPS) is 10.7. The van der Waals surface area contributed by atoms with E-state index in [0.29, 0.717) is 17.3 Å². The van der Waals surface area contributed by atoms with Gasteiger partial charge < -0.3 is 14.6 Å². The van der Waals surface area contributed by atoms with Gasteiger partial charge in [-0.15, -0.1) is 0 Å². The predicted molar refractivity (Wildman–Crippen MR) is 86.4 cm³/mol. The Hall–Kier alpha value is -3.22. The van der Waals surface area contributed by atoms with Crippen molar-refractivity contribution in [3.8, 4) is 5.69 Å². The van der Waals surface area contributed by atoms with Gasteiger partial charge in [-0.25, -0.2) is 9.78 Å². The third-order valence-corrected chi connectivity index (χ3v) is 3.40. The molecule has 0 aliphatic heterocycles. The number of pyridine rings is 1. The SMILES string of the molecule is CN(C)c1ncc2c(=O)c(C(=O)O)cn(-c3ccccc3)c2n1. The summed E-state index contributed by atoms with van der Waals surface area (Å²) >= 11 is 0. The Labute approximate surface area is 131 Å². The van der Waals surface area contributed by atoms with Crippen molar-refractivity contribution in [3.63, 3.8) is 0 Å². The van der Waals surface area contributed by atoms with Crippen LogP contribution in [0.25, 0.3) is 16.7 Å². The van der Waals surface area contributed by atoms with Crippen LogP contribution in [0.4, 0.5) is 5.95 Å². The molecule has 0 aliphatic carbocycles. The van der Waals surface area contributed by atoms with E-state index in [1.54, 1.807) is 23.6 Å². The van der Waals surface area contributed by atoms with E-state index in [4.69, 9.17) is 0 Å². The largest absolute Gasteiger partial charge is 0.477 e. The number of carboxylic acid groups (broad SMARTS) is 1. The summed E-state index contributed by atoms with van der Waals surface area (Å²) in [5, 5.41) is 9.44. The molecule has 0 fully saturated rings. The third-order valence-electron chi connectivity index (χ3n) is 3.40. The number of aromatic nitrogens is 3. The number of aromatic carboxylic acids is 1. The molecule has 7 nitrogen and oxygen atoms in total. The predicted octanol–water partition coefficient (Wildman–Crippen LogP) is 1.54. The second-order valence-corrected chi connectivity index (χ2v) is 5.18. The van der Waals surface area contributed by atoms with Gasteiger partial charge in [-0.3, -0.25) is 4.79 Å². The quantitative estimate of drug-likeness (QED) is 0.789. The maximum absolute atomic E-state index is 12.3. The number of rotatable bonds is 3. The van der Waals surface area contributed by atoms with Gasteiger partial charge in [0.2, 0.25) is 11.4 Å². The van der Waals surface area contributed by atoms with Crippen LogP contribution in [0, 0.1) is 0 Å². The van der Waals surface area contributed by atoms with Gasteiger partial charge in [-0.1, -0.05) is 18.2 Å². The summed E-state index contributed by atoms with van der Waals surface area (Å²) in [6.07, 6.45) is 2.67. The fourth-order valence-corrected chi connectivity index (χ4v) is 2.25. The zero-order valence-electron chi connectivity index (χ0n) is 12.6. The summed E-state index contributed by atoms with van der Waals surface area (Å²) in [5.41, 5.74) is 0.167. The lowest BCUT2D eigenvalue weighted by Gasteiger charge is -2.14. The fraction of sp³-hybridized carbons (Fsp3) is 0.125. The molecule has 0 unspecified atom stereocenters. The molecule has 3 aromatic rings. The van der Waals surface area contributed by atoms with Crippen LogP contribution < -0.4 is 10.3 Å². The van der Waals surface area contributed by atoms with E-state index in [1.807, 2.05) is 30.3 Å². The standard InChI is InChI=1S/C16H14N4O3/c1-19(2)16-17-8-11-13(21)12(15(22)23)9-20(14(11)18-16)10-6-4-3-5-7-10/h3-9H,1-2H3,(H,22,23). The van der Waals surface area contributed by atoms with E-state index >= 15 is 0 Å². The van der Waals surface area contributed by atoms with Crippen LogP contribution in [0.2, 0.25) is 0 Å². The summed E-state index contributed by atoms with van der Waals surface area (Å²) in [6, 6.07) is 9.13. The Bertz CT molecular complexity index is 949. The van der Waals surface area contributed by atoms with Gasteiger partial charge in [0.15, 0.2) is 5.65 Å². The summed E-state index contributed by atoms with van der Waals surface area (Å²) in [6.45, 7) is 0. The molecule has 0 bridgehead atoms. The Morgan fingerprint density at radius 1 is 1.22 bits per heavy atom. The van der Waals surface area contributed by atoms with E-state index in [0.717, 1.165) is 0 Å². The fourth-order valence-electron chi connectivity index (χ4n) is 2.25. The topological polar surface area (TPSA) is 88.3 Å². The molecule has 2 heterocycles. The molecule has 1 N–H and O–H groups in total. The Balaban J connectivity index is 2.44. The van der Waals surface area contributed by atoms with Crippen molar-refractivity contribution in [1.29, 1.82) is 0 Å². The van der Waals surface area contributed by atoms with Crippen LogP contribution >= 0.6 is 0 Å². The Kier molecular flexibility index (Phi) is 3.53. The number of hydrogen-bond donors (Lipinski definition) is 1. The highest BCUT2D eigenvalue weighted by molar-refractivity contribution is 5.92. The van der Waals surface area contributed by atoms with Crippen molar-refractivity contribution in [2.24, 2.45) is 0 Å². The van der Waals surface area contributed by atoms with E-state index in [9.17, 15) is 14.7 Å². The number of anilines is 1. The van der Waals surface area contributed by atoms with Crippen molar-refractivity contribution in [2.75, 3.05) is 19.0 Å². The average Bonchev–Trinajstić information content (AvgIpc) is 2.55. The second-order valence-electron chi connectivity index (χ2n) is 5.18. The lowest BCUT2D eigenvalue weighted by atomic mass is 10.2. The van der Waals surface area contributed by atoms with Crippen LogP contribution in [-0.4, -0.2) is 39.7 Å². The minimum Gasteiger partial charge on any atom is -0.477 e. The number of carboxylic acids is 1. The highest BCUT2D eigenvalue weighted by Gasteiger charge is 2.17. The summed E-state index contributed by atoms with van der Waals surface area (Å²) in [4.78, 5) is 33.9. The molecule has 116 valence electrons. The number of nitrogens with zero attached hydrogens (tertiary/aromatic N) is 4. The van der Waals surface area contributed by atoms with Crippen LogP contribution in [0.3, 0.4) is 0 Å². The lowest BCUT2D eigenvalue weighted by molar-refractivity contribution is 0.0695. The van der Waals surface area contributed by atoms with Crippen LogP contribution in [-0.2, 0) is 0 Å². The van der Waals surface area contributed by atoms with Crippen LogP contribution in [0.5, 0.6) is 0 Å². The molecule has 2 aromatic heterocycles. The molecular weight excluding hydrogens is 296 g/mol. The molecule has 3 rings (SSSR count). The number of hydrogen-bond acceptors (Lipinski definition) is 5. The van der Waals surface area contributed by atoms with Gasteiger partial charge in [-0.05, 0) is 12.1 Å². The van der Waals surface area contributed by atoms with Gasteiger partial charge >= 0.3 is 5.97 Å². The smallest absolute Gasteiger partial charge is 0.341 e. The zero-order valence-corrected chi connectivity index (χ0v) is 12.6. The highest BCUT2D eigenvalue weighted by atomic mass is 16.4. The summed E-state index contributed by atoms with van der Waals surface area (Å²) in [7, 11) is 3.58. The first-order valence-electron chi connectivity index (χ1n) is 6.87. The Morgan fingerprint density at radius 2 is 1.91 bits per heavy atom. The lowest BCUT2D eigenvalue weighted by Crippen LogP contribution is -2.21. The molecule has 0 radical (unpaired) electrons. The molecule has 0 saturated carbocycles. The van der Waals surface area contributed by atoms with Crippen molar-refractivity contribution >= 4 is 23.0 Å². The molecule has 0 spiro atoms. The number of carbonyl (C=O) groups is 1. The van der Waals surface area contributed by atoms with E-state index in [-0.39, 0.29) is 10.9 Å². The molecule has 0 saturated heterocycles. The van der Waals surface area contributed by atoms with Crippen molar-refractivity contribution in [2.45, 2.75) is 0 Å². The monoisotopic (exact) mass is 310 g/mol. The van der Waals surface area contributed by atoms with Crippen molar-refractivity contribution < 1.29 is 9.90 Å². The van der Waals surface area contributed by atoms with Crippen molar-refractivity contribution in [1.82, 2.24) is 14.5 Å². The summed E-state index contributed by atoms with van der Waals surface area (Å²) < 4.78 is 1.59. The molecule has 0 atom stereocenters. The summed E-state index contributed by atoms with van der Waals surface area (Å²) in [5.74, 6) is -0.845. The van der Waals surface area contributed by atoms with E-state index in [2.05, 4.69) is 9.97 Å². The maximum atomic E-state index is 12.3. The molecule has 1 aromatic carbocycles. The van der Waals surface area contributed by atoms with E-state index < -0.39 is 11.4 Å². The number of benzene rings is 1. The number of fused-ring (bicyclic) bond motifs is 1. The van der Waals surface area contributed by atoms with Gasteiger partial charge in [0, 0.05) is 32.2 Å². The molecule has 7 heteroatoms. The minimum atomic E-state index is -1.28. The molecule has 0 aliphatic rings. The third kappa shape index (κ3) is 2.52. The van der Waals surface area contributed by atoms with Gasteiger partial charge in [-0.2, -0.15) is 4.98 Å². The molecule has 0 amide bonds. The average molecular weight is 310 g/mol. The second kappa shape index (κ2) is 5.53. The minimum absolute atomic E-state index is 0.166. The maximum Gasteiger partial charge on any atom is 0.341 e. The highest BCUT2D eigenvalue weighted by Crippen LogP contribution is 2.17. The van der Waals surface area contributed by atoms with Gasteiger partial charge in [0.1, 0.15) is 5.56 Å². The van der Waals surface area contributed by atoms with Gasteiger partial charge in [0.25, 0.3) is 0 Å². The molecular formula is C16H14N4O3. The van der Waals surface area contributed by atoms with Crippen LogP contribution in [0.15, 0.2) is 47.5 Å². The van der Waals surface area contributed by atoms with E-state index in [1.165, 1.54) is 12.4 Å². The first-order chi connectivity index (χ1) is 11.0. The number of para-hydroxylation sites is 1. The van der Waals surface area contributed by atoms with Crippen molar-refractivity contribution in [3.05, 3.63) is 58.5 Å². The molecule has 23 heavy (non-hydrogen) atoms. The zero-order chi connectivity index (χ0) is 16.6. The van der Waals surface area contributed by atoms with Gasteiger partial charge in [0.05, 0.1) is 5.39 Å². The Morgan fingerprint density at radius 3 is 2.52 bits per heavy atom. The first kappa shape index (κ1) is 14.7.